The maximum absolute atomic E-state index is 12.3. The van der Waals surface area contributed by atoms with E-state index in [4.69, 9.17) is 6.42 Å². The smallest absolute Gasteiger partial charge is 0.232 e. The highest BCUT2D eigenvalue weighted by Crippen LogP contribution is 2.38. The van der Waals surface area contributed by atoms with Crippen molar-refractivity contribution >= 4 is 23.4 Å². The summed E-state index contributed by atoms with van der Waals surface area (Å²) in [6.45, 7) is 4.68. The van der Waals surface area contributed by atoms with Crippen LogP contribution in [0.15, 0.2) is 30.5 Å². The zero-order valence-electron chi connectivity index (χ0n) is 18.0. The minimum Gasteiger partial charge on any atom is -0.392 e. The van der Waals surface area contributed by atoms with Gasteiger partial charge in [-0.25, -0.2) is 4.98 Å². The number of aliphatic hydroxyl groups is 1. The van der Waals surface area contributed by atoms with Crippen LogP contribution in [0.3, 0.4) is 0 Å². The number of aromatic nitrogens is 2. The molecule has 1 aliphatic heterocycles. The highest BCUT2D eigenvalue weighted by Gasteiger charge is 2.39. The number of benzene rings is 1. The summed E-state index contributed by atoms with van der Waals surface area (Å²) in [4.78, 5) is 21.2. The van der Waals surface area contributed by atoms with Gasteiger partial charge in [0, 0.05) is 23.7 Å². The van der Waals surface area contributed by atoms with Gasteiger partial charge in [-0.2, -0.15) is 4.98 Å². The molecule has 2 aromatic rings. The molecular weight excluding hydrogens is 390 g/mol. The molecule has 1 aromatic heterocycles. The number of carbonyl (C=O) groups excluding carboxylic acids is 1. The number of para-hydroxylation sites is 1. The number of rotatable bonds is 6. The third-order valence-corrected chi connectivity index (χ3v) is 6.61. The normalized spacial score (nSPS) is 24.1. The lowest BCUT2D eigenvalue weighted by Crippen LogP contribution is -2.48. The van der Waals surface area contributed by atoms with Crippen LogP contribution in [0.25, 0.3) is 0 Å². The van der Waals surface area contributed by atoms with Crippen LogP contribution in [0.4, 0.5) is 17.5 Å². The minimum atomic E-state index is -0.368. The molecule has 2 heterocycles. The Kier molecular flexibility index (Phi) is 5.84. The molecule has 31 heavy (non-hydrogen) atoms. The third kappa shape index (κ3) is 4.21. The average molecular weight is 420 g/mol. The lowest BCUT2D eigenvalue weighted by atomic mass is 9.71. The topological polar surface area (TPSA) is 99.2 Å². The number of anilines is 3. The Morgan fingerprint density at radius 3 is 2.94 bits per heavy atom. The predicted molar refractivity (Wildman–Crippen MR) is 122 cm³/mol. The molecular formula is C24H29N5O2. The van der Waals surface area contributed by atoms with Gasteiger partial charge in [-0.1, -0.05) is 38.0 Å². The Bertz CT molecular complexity index is 1010. The van der Waals surface area contributed by atoms with Crippen LogP contribution < -0.4 is 16.0 Å². The first kappa shape index (κ1) is 21.1. The molecule has 1 saturated carbocycles. The highest BCUT2D eigenvalue weighted by molar-refractivity contribution is 6.02. The molecule has 0 radical (unpaired) electrons. The van der Waals surface area contributed by atoms with Crippen LogP contribution in [0.5, 0.6) is 0 Å². The number of hydrogen-bond donors (Lipinski definition) is 4. The van der Waals surface area contributed by atoms with Crippen molar-refractivity contribution in [1.29, 1.82) is 0 Å². The summed E-state index contributed by atoms with van der Waals surface area (Å²) in [5.74, 6) is 3.53. The summed E-state index contributed by atoms with van der Waals surface area (Å²) in [6, 6.07) is 7.83. The van der Waals surface area contributed by atoms with Crippen LogP contribution in [-0.2, 0) is 4.79 Å². The van der Waals surface area contributed by atoms with Gasteiger partial charge < -0.3 is 21.1 Å². The predicted octanol–water partition coefficient (Wildman–Crippen LogP) is 3.35. The lowest BCUT2D eigenvalue weighted by Gasteiger charge is -2.43. The fraction of sp³-hybridized carbons (Fsp3) is 0.458. The van der Waals surface area contributed by atoms with Crippen molar-refractivity contribution in [1.82, 2.24) is 9.97 Å². The minimum absolute atomic E-state index is 0.0204. The molecule has 2 aliphatic rings. The first-order valence-corrected chi connectivity index (χ1v) is 10.8. The Balaban J connectivity index is 1.43. The Hall–Kier alpha value is -3.11. The van der Waals surface area contributed by atoms with Gasteiger partial charge in [0.1, 0.15) is 5.82 Å². The standard InChI is InChI=1S/C24H29N5O2/c1-4-15-14-26-23(29-21(15)28-19-10-7-11-20(30)24(19,2)3)25-13-12-17-16-8-5-6-9-18(16)27-22(17)31/h1,5-6,8-9,14,17,19-20,30H,7,10-13H2,2-3H3,(H,27,31)(H2,25,26,28,29)/t17?,19-,20-/m1/s1. The Morgan fingerprint density at radius 2 is 2.13 bits per heavy atom. The number of carbonyl (C=O) groups is 1. The van der Waals surface area contributed by atoms with Crippen molar-refractivity contribution in [3.63, 3.8) is 0 Å². The first-order chi connectivity index (χ1) is 14.9. The van der Waals surface area contributed by atoms with E-state index in [0.717, 1.165) is 30.5 Å². The van der Waals surface area contributed by atoms with E-state index in [1.165, 1.54) is 0 Å². The zero-order chi connectivity index (χ0) is 22.0. The molecule has 1 fully saturated rings. The van der Waals surface area contributed by atoms with Crippen LogP contribution in [0, 0.1) is 17.8 Å². The van der Waals surface area contributed by atoms with Gasteiger partial charge in [-0.15, -0.1) is 6.42 Å². The summed E-state index contributed by atoms with van der Waals surface area (Å²) in [6.07, 6.45) is 10.3. The molecule has 0 bridgehead atoms. The summed E-state index contributed by atoms with van der Waals surface area (Å²) in [7, 11) is 0. The lowest BCUT2D eigenvalue weighted by molar-refractivity contribution is -0.117. The second-order valence-corrected chi connectivity index (χ2v) is 8.91. The SMILES string of the molecule is C#Cc1cnc(NCCC2C(=O)Nc3ccccc32)nc1N[C@@H]1CCC[C@@H](O)C1(C)C. The number of terminal acetylenes is 1. The third-order valence-electron chi connectivity index (χ3n) is 6.61. The maximum atomic E-state index is 12.3. The van der Waals surface area contributed by atoms with Gasteiger partial charge in [0.15, 0.2) is 0 Å². The molecule has 162 valence electrons. The molecule has 0 saturated heterocycles. The second-order valence-electron chi connectivity index (χ2n) is 8.91. The molecule has 4 N–H and O–H groups in total. The maximum Gasteiger partial charge on any atom is 0.232 e. The van der Waals surface area contributed by atoms with Crippen LogP contribution >= 0.6 is 0 Å². The van der Waals surface area contributed by atoms with E-state index >= 15 is 0 Å². The number of fused-ring (bicyclic) bond motifs is 1. The molecule has 0 spiro atoms. The van der Waals surface area contributed by atoms with Crippen molar-refractivity contribution in [2.24, 2.45) is 5.41 Å². The van der Waals surface area contributed by atoms with Crippen molar-refractivity contribution in [3.05, 3.63) is 41.6 Å². The number of nitrogens with one attached hydrogen (secondary N) is 3. The van der Waals surface area contributed by atoms with Crippen molar-refractivity contribution in [3.8, 4) is 12.3 Å². The summed E-state index contributed by atoms with van der Waals surface area (Å²) in [5, 5.41) is 20.0. The largest absolute Gasteiger partial charge is 0.392 e. The second kappa shape index (κ2) is 8.56. The van der Waals surface area contributed by atoms with Crippen molar-refractivity contribution in [2.75, 3.05) is 22.5 Å². The van der Waals surface area contributed by atoms with E-state index in [1.54, 1.807) is 6.20 Å². The molecule has 1 unspecified atom stereocenters. The number of hydrogen-bond acceptors (Lipinski definition) is 6. The molecule has 7 heteroatoms. The quantitative estimate of drug-likeness (QED) is 0.536. The Morgan fingerprint density at radius 1 is 1.32 bits per heavy atom. The van der Waals surface area contributed by atoms with E-state index in [1.807, 2.05) is 24.3 Å². The summed E-state index contributed by atoms with van der Waals surface area (Å²) < 4.78 is 0. The van der Waals surface area contributed by atoms with Gasteiger partial charge in [0.25, 0.3) is 0 Å². The summed E-state index contributed by atoms with van der Waals surface area (Å²) in [5.41, 5.74) is 2.21. The fourth-order valence-corrected chi connectivity index (χ4v) is 4.49. The van der Waals surface area contributed by atoms with Gasteiger partial charge in [-0.05, 0) is 37.3 Å². The number of nitrogens with zero attached hydrogens (tertiary/aromatic N) is 2. The van der Waals surface area contributed by atoms with E-state index in [-0.39, 0.29) is 29.4 Å². The van der Waals surface area contributed by atoms with Gasteiger partial charge in [0.05, 0.1) is 23.8 Å². The van der Waals surface area contributed by atoms with Gasteiger partial charge >= 0.3 is 0 Å². The summed E-state index contributed by atoms with van der Waals surface area (Å²) >= 11 is 0. The molecule has 4 rings (SSSR count). The van der Waals surface area contributed by atoms with Crippen LogP contribution in [0.2, 0.25) is 0 Å². The van der Waals surface area contributed by atoms with E-state index in [0.29, 0.717) is 30.3 Å². The van der Waals surface area contributed by atoms with E-state index in [9.17, 15) is 9.90 Å². The first-order valence-electron chi connectivity index (χ1n) is 10.8. The van der Waals surface area contributed by atoms with E-state index in [2.05, 4.69) is 45.7 Å². The monoisotopic (exact) mass is 419 g/mol. The fourth-order valence-electron chi connectivity index (χ4n) is 4.49. The van der Waals surface area contributed by atoms with Gasteiger partial charge in [0.2, 0.25) is 11.9 Å². The van der Waals surface area contributed by atoms with Gasteiger partial charge in [-0.3, -0.25) is 4.79 Å². The highest BCUT2D eigenvalue weighted by atomic mass is 16.3. The van der Waals surface area contributed by atoms with E-state index < -0.39 is 0 Å². The van der Waals surface area contributed by atoms with Crippen LogP contribution in [0.1, 0.15) is 56.6 Å². The molecule has 1 aliphatic carbocycles. The molecule has 3 atom stereocenters. The zero-order valence-corrected chi connectivity index (χ0v) is 18.0. The molecule has 1 aromatic carbocycles. The Labute approximate surface area is 183 Å². The number of aliphatic hydroxyl groups excluding tert-OH is 1. The molecule has 7 nitrogen and oxygen atoms in total. The molecule has 1 amide bonds. The average Bonchev–Trinajstić information content (AvgIpc) is 3.07. The van der Waals surface area contributed by atoms with Crippen molar-refractivity contribution < 1.29 is 9.90 Å². The number of amides is 1. The van der Waals surface area contributed by atoms with Crippen LogP contribution in [-0.4, -0.2) is 39.7 Å². The van der Waals surface area contributed by atoms with Crippen molar-refractivity contribution in [2.45, 2.75) is 57.6 Å².